The minimum Gasteiger partial charge on any atom is -0.292 e. The van der Waals surface area contributed by atoms with Gasteiger partial charge in [0.15, 0.2) is 5.16 Å². The number of benzene rings is 1. The maximum Gasteiger partial charge on any atom is 0.257 e. The van der Waals surface area contributed by atoms with Gasteiger partial charge in [-0.05, 0) is 30.0 Å². The second kappa shape index (κ2) is 6.16. The molecule has 0 radical (unpaired) electrons. The molecule has 3 aromatic rings. The van der Waals surface area contributed by atoms with Gasteiger partial charge >= 0.3 is 0 Å². The predicted octanol–water partition coefficient (Wildman–Crippen LogP) is 1.65. The van der Waals surface area contributed by atoms with Crippen molar-refractivity contribution < 1.29 is 0 Å². The minimum atomic E-state index is 0.257. The first-order valence-corrected chi connectivity index (χ1v) is 7.36. The molecular formula is C11H9BrN8S. The standard InChI is InChI=1S/C11H9BrN8S/c12-7-2-1-3-8(4-7)21-11-17-9(19-13)16-10(18-11)20-6-14-5-15-20/h1-6H,13H2,(H,16,17,18,19). The summed E-state index contributed by atoms with van der Waals surface area (Å²) < 4.78 is 2.42. The van der Waals surface area contributed by atoms with Crippen molar-refractivity contribution in [1.82, 2.24) is 29.7 Å². The van der Waals surface area contributed by atoms with Gasteiger partial charge in [-0.15, -0.1) is 0 Å². The highest BCUT2D eigenvalue weighted by atomic mass is 79.9. The van der Waals surface area contributed by atoms with Gasteiger partial charge in [0.2, 0.25) is 5.95 Å². The summed E-state index contributed by atoms with van der Waals surface area (Å²) in [7, 11) is 0. The Labute approximate surface area is 132 Å². The summed E-state index contributed by atoms with van der Waals surface area (Å²) in [6.07, 6.45) is 2.91. The first kappa shape index (κ1) is 13.9. The van der Waals surface area contributed by atoms with E-state index in [1.54, 1.807) is 0 Å². The Hall–Kier alpha value is -2.04. The van der Waals surface area contributed by atoms with E-state index in [9.17, 15) is 0 Å². The van der Waals surface area contributed by atoms with Crippen molar-refractivity contribution >= 4 is 33.6 Å². The summed E-state index contributed by atoms with van der Waals surface area (Å²) in [5.74, 6) is 5.99. The number of aromatic nitrogens is 6. The molecule has 0 spiro atoms. The lowest BCUT2D eigenvalue weighted by molar-refractivity contribution is 0.759. The summed E-state index contributed by atoms with van der Waals surface area (Å²) in [6, 6.07) is 7.82. The molecule has 106 valence electrons. The molecule has 0 fully saturated rings. The highest BCUT2D eigenvalue weighted by Crippen LogP contribution is 2.27. The van der Waals surface area contributed by atoms with Gasteiger partial charge in [0.25, 0.3) is 5.95 Å². The number of hydrogen-bond acceptors (Lipinski definition) is 8. The van der Waals surface area contributed by atoms with Crippen molar-refractivity contribution in [2.45, 2.75) is 10.1 Å². The van der Waals surface area contributed by atoms with Gasteiger partial charge in [-0.2, -0.15) is 24.7 Å². The second-order valence-electron chi connectivity index (χ2n) is 3.79. The molecule has 3 rings (SSSR count). The lowest BCUT2D eigenvalue weighted by Crippen LogP contribution is -2.14. The number of hydrazine groups is 1. The van der Waals surface area contributed by atoms with Crippen LogP contribution in [0.15, 0.2) is 51.4 Å². The van der Waals surface area contributed by atoms with Gasteiger partial charge in [0, 0.05) is 9.37 Å². The van der Waals surface area contributed by atoms with Crippen LogP contribution in [0.5, 0.6) is 0 Å². The molecule has 0 amide bonds. The van der Waals surface area contributed by atoms with E-state index in [4.69, 9.17) is 5.84 Å². The van der Waals surface area contributed by atoms with Crippen LogP contribution in [0.2, 0.25) is 0 Å². The zero-order chi connectivity index (χ0) is 14.7. The smallest absolute Gasteiger partial charge is 0.257 e. The van der Waals surface area contributed by atoms with Crippen LogP contribution in [0, 0.1) is 0 Å². The Kier molecular flexibility index (Phi) is 4.08. The lowest BCUT2D eigenvalue weighted by atomic mass is 10.4. The van der Waals surface area contributed by atoms with E-state index in [0.29, 0.717) is 11.1 Å². The Balaban J connectivity index is 1.96. The van der Waals surface area contributed by atoms with Crippen molar-refractivity contribution in [3.8, 4) is 5.95 Å². The maximum absolute atomic E-state index is 5.39. The molecule has 0 aliphatic rings. The van der Waals surface area contributed by atoms with Crippen molar-refractivity contribution in [2.24, 2.45) is 5.84 Å². The van der Waals surface area contributed by atoms with Crippen LogP contribution < -0.4 is 11.3 Å². The van der Waals surface area contributed by atoms with Gasteiger partial charge in [0.05, 0.1) is 0 Å². The van der Waals surface area contributed by atoms with Crippen LogP contribution in [0.3, 0.4) is 0 Å². The average Bonchev–Trinajstić information content (AvgIpc) is 3.01. The van der Waals surface area contributed by atoms with Crippen LogP contribution in [0.4, 0.5) is 5.95 Å². The first-order chi connectivity index (χ1) is 10.2. The fourth-order valence-corrected chi connectivity index (χ4v) is 2.86. The molecule has 8 nitrogen and oxygen atoms in total. The van der Waals surface area contributed by atoms with Gasteiger partial charge in [-0.1, -0.05) is 22.0 Å². The number of nitrogens with two attached hydrogens (primary N) is 1. The lowest BCUT2D eigenvalue weighted by Gasteiger charge is -2.06. The molecule has 0 atom stereocenters. The van der Waals surface area contributed by atoms with E-state index in [2.05, 4.69) is 46.4 Å². The highest BCUT2D eigenvalue weighted by molar-refractivity contribution is 9.10. The minimum absolute atomic E-state index is 0.257. The number of nitrogen functional groups attached to an aromatic ring is 1. The number of nitrogens with one attached hydrogen (secondary N) is 1. The van der Waals surface area contributed by atoms with Crippen molar-refractivity contribution in [1.29, 1.82) is 0 Å². The molecule has 2 aromatic heterocycles. The molecule has 0 aliphatic heterocycles. The maximum atomic E-state index is 5.39. The van der Waals surface area contributed by atoms with Crippen molar-refractivity contribution in [3.63, 3.8) is 0 Å². The molecule has 0 aliphatic carbocycles. The topological polar surface area (TPSA) is 107 Å². The van der Waals surface area contributed by atoms with E-state index in [0.717, 1.165) is 9.37 Å². The Morgan fingerprint density at radius 1 is 1.24 bits per heavy atom. The third-order valence-electron chi connectivity index (χ3n) is 2.36. The second-order valence-corrected chi connectivity index (χ2v) is 5.74. The van der Waals surface area contributed by atoms with E-state index < -0.39 is 0 Å². The Bertz CT molecular complexity index is 748. The van der Waals surface area contributed by atoms with E-state index in [-0.39, 0.29) is 5.95 Å². The molecule has 1 aromatic carbocycles. The van der Waals surface area contributed by atoms with E-state index >= 15 is 0 Å². The molecule has 0 bridgehead atoms. The fourth-order valence-electron chi connectivity index (χ4n) is 1.51. The average molecular weight is 365 g/mol. The molecule has 21 heavy (non-hydrogen) atoms. The van der Waals surface area contributed by atoms with Crippen LogP contribution in [-0.2, 0) is 0 Å². The van der Waals surface area contributed by atoms with Crippen LogP contribution in [0.1, 0.15) is 0 Å². The van der Waals surface area contributed by atoms with Crippen LogP contribution in [0.25, 0.3) is 5.95 Å². The first-order valence-electron chi connectivity index (χ1n) is 5.76. The molecule has 3 N–H and O–H groups in total. The molecule has 0 unspecified atom stereocenters. The molecule has 0 saturated heterocycles. The SMILES string of the molecule is NNc1nc(Sc2cccc(Br)c2)nc(-n2cncn2)n1. The number of nitrogens with zero attached hydrogens (tertiary/aromatic N) is 6. The summed E-state index contributed by atoms with van der Waals surface area (Å²) in [4.78, 5) is 17.5. The number of halogens is 1. The largest absolute Gasteiger partial charge is 0.292 e. The van der Waals surface area contributed by atoms with E-state index in [1.165, 1.54) is 29.1 Å². The normalized spacial score (nSPS) is 10.6. The zero-order valence-electron chi connectivity index (χ0n) is 10.5. The molecule has 2 heterocycles. The zero-order valence-corrected chi connectivity index (χ0v) is 12.9. The monoisotopic (exact) mass is 364 g/mol. The van der Waals surface area contributed by atoms with Gasteiger partial charge in [-0.3, -0.25) is 5.43 Å². The third-order valence-corrected chi connectivity index (χ3v) is 3.71. The van der Waals surface area contributed by atoms with Gasteiger partial charge in [-0.25, -0.2) is 10.8 Å². The number of hydrogen-bond donors (Lipinski definition) is 2. The Morgan fingerprint density at radius 2 is 2.14 bits per heavy atom. The highest BCUT2D eigenvalue weighted by Gasteiger charge is 2.09. The summed E-state index contributed by atoms with van der Waals surface area (Å²) in [5.41, 5.74) is 2.42. The van der Waals surface area contributed by atoms with Crippen LogP contribution in [-0.4, -0.2) is 29.7 Å². The number of anilines is 1. The van der Waals surface area contributed by atoms with Gasteiger partial charge < -0.3 is 0 Å². The third kappa shape index (κ3) is 3.35. The quantitative estimate of drug-likeness (QED) is 0.531. The summed E-state index contributed by atoms with van der Waals surface area (Å²) in [6.45, 7) is 0. The van der Waals surface area contributed by atoms with Gasteiger partial charge in [0.1, 0.15) is 12.7 Å². The predicted molar refractivity (Wildman–Crippen MR) is 80.8 cm³/mol. The van der Waals surface area contributed by atoms with Crippen molar-refractivity contribution in [3.05, 3.63) is 41.4 Å². The summed E-state index contributed by atoms with van der Waals surface area (Å²) in [5, 5.41) is 4.49. The fraction of sp³-hybridized carbons (Fsp3) is 0. The van der Waals surface area contributed by atoms with Crippen molar-refractivity contribution in [2.75, 3.05) is 5.43 Å². The molecular weight excluding hydrogens is 356 g/mol. The molecule has 0 saturated carbocycles. The Morgan fingerprint density at radius 3 is 2.86 bits per heavy atom. The molecule has 10 heteroatoms. The number of rotatable bonds is 4. The van der Waals surface area contributed by atoms with E-state index in [1.807, 2.05) is 24.3 Å². The summed E-state index contributed by atoms with van der Waals surface area (Å²) >= 11 is 4.82. The van der Waals surface area contributed by atoms with Crippen LogP contribution >= 0.6 is 27.7 Å².